The van der Waals surface area contributed by atoms with Gasteiger partial charge in [-0.15, -0.1) is 0 Å². The minimum atomic E-state index is -0.785. The van der Waals surface area contributed by atoms with Crippen molar-refractivity contribution in [1.29, 1.82) is 0 Å². The third-order valence-electron chi connectivity index (χ3n) is 11.2. The second-order valence-corrected chi connectivity index (χ2v) is 13.7. The minimum absolute atomic E-state index is 0.0679. The highest BCUT2D eigenvalue weighted by Gasteiger charge is 2.58. The van der Waals surface area contributed by atoms with Gasteiger partial charge in [0.15, 0.2) is 0 Å². The van der Waals surface area contributed by atoms with Crippen molar-refractivity contribution >= 4 is 17.3 Å². The molecule has 6 heterocycles. The van der Waals surface area contributed by atoms with E-state index in [-0.39, 0.29) is 5.91 Å². The van der Waals surface area contributed by atoms with Crippen LogP contribution < -0.4 is 20.3 Å². The van der Waals surface area contributed by atoms with Crippen LogP contribution in [0.15, 0.2) is 36.4 Å². The molecule has 6 aliphatic heterocycles. The maximum Gasteiger partial charge on any atom is 0.255 e. The van der Waals surface area contributed by atoms with Crippen LogP contribution in [-0.2, 0) is 40.7 Å². The van der Waals surface area contributed by atoms with Gasteiger partial charge >= 0.3 is 0 Å². The summed E-state index contributed by atoms with van der Waals surface area (Å²) in [6.45, 7) is 7.30. The summed E-state index contributed by atoms with van der Waals surface area (Å²) in [6, 6.07) is 13.2. The number of rotatable bonds is 8. The fourth-order valence-electron chi connectivity index (χ4n) is 9.52. The normalized spacial score (nSPS) is 19.8. The van der Waals surface area contributed by atoms with E-state index in [2.05, 4.69) is 39.0 Å². The summed E-state index contributed by atoms with van der Waals surface area (Å²) in [5.41, 5.74) is 17.2. The SMILES string of the molecule is NCCOCCOCCN1C(=O)c2ccccc2C12c1cc3c4c(c1Oc1c2cc2c5c1CCCN5CCC2)CCCN4CCC3. The summed E-state index contributed by atoms with van der Waals surface area (Å²) >= 11 is 0. The number of benzene rings is 3. The van der Waals surface area contributed by atoms with Crippen LogP contribution in [0.25, 0.3) is 0 Å². The first kappa shape index (κ1) is 28.6. The lowest BCUT2D eigenvalue weighted by molar-refractivity contribution is 0.0298. The molecule has 0 aromatic heterocycles. The zero-order valence-corrected chi connectivity index (χ0v) is 26.7. The van der Waals surface area contributed by atoms with E-state index in [4.69, 9.17) is 19.9 Å². The molecular formula is C38H44N4O4. The molecule has 2 N–H and O–H groups in total. The number of nitrogens with two attached hydrogens (primary N) is 1. The number of carbonyl (C=O) groups excluding carboxylic acids is 1. The van der Waals surface area contributed by atoms with Crippen LogP contribution in [0.1, 0.15) is 75.0 Å². The lowest BCUT2D eigenvalue weighted by atomic mass is 9.70. The molecule has 46 heavy (non-hydrogen) atoms. The number of carbonyl (C=O) groups is 1. The van der Waals surface area contributed by atoms with Gasteiger partial charge in [0.1, 0.15) is 17.0 Å². The monoisotopic (exact) mass is 620 g/mol. The Morgan fingerprint density at radius 3 is 1.89 bits per heavy atom. The maximum atomic E-state index is 14.7. The highest BCUT2D eigenvalue weighted by Crippen LogP contribution is 2.62. The van der Waals surface area contributed by atoms with Gasteiger partial charge in [0.25, 0.3) is 5.91 Å². The summed E-state index contributed by atoms with van der Waals surface area (Å²) in [5, 5.41) is 0. The molecule has 8 heteroatoms. The minimum Gasteiger partial charge on any atom is -0.456 e. The molecule has 0 unspecified atom stereocenters. The van der Waals surface area contributed by atoms with Crippen molar-refractivity contribution in [2.24, 2.45) is 5.73 Å². The first-order valence-corrected chi connectivity index (χ1v) is 17.5. The van der Waals surface area contributed by atoms with Crippen molar-refractivity contribution in [3.8, 4) is 11.5 Å². The van der Waals surface area contributed by atoms with Crippen LogP contribution >= 0.6 is 0 Å². The number of hydrogen-bond acceptors (Lipinski definition) is 7. The Balaban J connectivity index is 1.28. The third kappa shape index (κ3) is 4.06. The van der Waals surface area contributed by atoms with Crippen LogP contribution in [-0.4, -0.2) is 76.5 Å². The van der Waals surface area contributed by atoms with Gasteiger partial charge in [-0.1, -0.05) is 18.2 Å². The molecule has 0 fully saturated rings. The molecule has 0 atom stereocenters. The molecule has 9 rings (SSSR count). The summed E-state index contributed by atoms with van der Waals surface area (Å²) < 4.78 is 19.0. The first-order chi connectivity index (χ1) is 22.7. The van der Waals surface area contributed by atoms with Crippen molar-refractivity contribution in [3.63, 3.8) is 0 Å². The Labute approximate surface area is 271 Å². The van der Waals surface area contributed by atoms with Gasteiger partial charge in [-0.2, -0.15) is 0 Å². The van der Waals surface area contributed by atoms with E-state index in [9.17, 15) is 4.79 Å². The Bertz CT molecular complexity index is 1630. The Morgan fingerprint density at radius 2 is 1.28 bits per heavy atom. The molecule has 0 saturated heterocycles. The predicted octanol–water partition coefficient (Wildman–Crippen LogP) is 4.93. The van der Waals surface area contributed by atoms with E-state index >= 15 is 0 Å². The van der Waals surface area contributed by atoms with Gasteiger partial charge in [0, 0.05) is 78.5 Å². The quantitative estimate of drug-likeness (QED) is 0.358. The largest absolute Gasteiger partial charge is 0.456 e. The van der Waals surface area contributed by atoms with E-state index in [0.717, 1.165) is 111 Å². The van der Waals surface area contributed by atoms with Crippen molar-refractivity contribution in [2.45, 2.75) is 56.9 Å². The fraction of sp³-hybridized carbons (Fsp3) is 0.500. The predicted molar refractivity (Wildman–Crippen MR) is 179 cm³/mol. The van der Waals surface area contributed by atoms with E-state index in [1.54, 1.807) is 0 Å². The molecule has 6 aliphatic rings. The Hall–Kier alpha value is -3.59. The zero-order chi connectivity index (χ0) is 30.8. The van der Waals surface area contributed by atoms with Crippen LogP contribution in [0.2, 0.25) is 0 Å². The second-order valence-electron chi connectivity index (χ2n) is 13.7. The van der Waals surface area contributed by atoms with Crippen LogP contribution in [0.3, 0.4) is 0 Å². The fourth-order valence-corrected chi connectivity index (χ4v) is 9.52. The summed E-state index contributed by atoms with van der Waals surface area (Å²) in [6.07, 6.45) is 8.67. The smallest absolute Gasteiger partial charge is 0.255 e. The van der Waals surface area contributed by atoms with Gasteiger partial charge in [-0.3, -0.25) is 4.79 Å². The van der Waals surface area contributed by atoms with Gasteiger partial charge in [0.05, 0.1) is 26.4 Å². The number of anilines is 2. The highest BCUT2D eigenvalue weighted by molar-refractivity contribution is 6.03. The van der Waals surface area contributed by atoms with Gasteiger partial charge in [-0.05, 0) is 86.3 Å². The zero-order valence-electron chi connectivity index (χ0n) is 26.7. The molecule has 3 aromatic carbocycles. The number of nitrogens with zero attached hydrogens (tertiary/aromatic N) is 3. The van der Waals surface area contributed by atoms with E-state index in [1.165, 1.54) is 33.6 Å². The topological polar surface area (TPSA) is 80.5 Å². The number of aryl methyl sites for hydroxylation is 2. The Morgan fingerprint density at radius 1 is 0.717 bits per heavy atom. The van der Waals surface area contributed by atoms with Gasteiger partial charge in [-0.25, -0.2) is 0 Å². The maximum absolute atomic E-state index is 14.7. The average molecular weight is 621 g/mol. The lowest BCUT2D eigenvalue weighted by Crippen LogP contribution is -2.49. The van der Waals surface area contributed by atoms with Crippen LogP contribution in [0, 0.1) is 0 Å². The number of fused-ring (bicyclic) bond motifs is 8. The van der Waals surface area contributed by atoms with Crippen LogP contribution in [0.5, 0.6) is 11.5 Å². The molecule has 3 aromatic rings. The molecule has 0 aliphatic carbocycles. The molecule has 1 spiro atoms. The molecule has 0 saturated carbocycles. The van der Waals surface area contributed by atoms with Crippen molar-refractivity contribution < 1.29 is 19.0 Å². The molecule has 8 nitrogen and oxygen atoms in total. The van der Waals surface area contributed by atoms with E-state index < -0.39 is 5.54 Å². The number of hydrogen-bond donors (Lipinski definition) is 1. The Kier molecular flexibility index (Phi) is 7.02. The summed E-state index contributed by atoms with van der Waals surface area (Å²) in [4.78, 5) is 22.0. The van der Waals surface area contributed by atoms with Gasteiger partial charge < -0.3 is 34.6 Å². The van der Waals surface area contributed by atoms with Gasteiger partial charge in [0.2, 0.25) is 0 Å². The van der Waals surface area contributed by atoms with Crippen molar-refractivity contribution in [1.82, 2.24) is 4.90 Å². The van der Waals surface area contributed by atoms with E-state index in [0.29, 0.717) is 39.5 Å². The number of amides is 1. The highest BCUT2D eigenvalue weighted by atomic mass is 16.5. The second kappa shape index (κ2) is 11.3. The van der Waals surface area contributed by atoms with Crippen molar-refractivity contribution in [3.05, 3.63) is 80.9 Å². The molecule has 0 bridgehead atoms. The standard InChI is InChI=1S/C38H44N4O4/c39-13-19-44-21-22-45-20-18-42-37(43)27-9-1-2-12-30(27)38(42)31-23-25-7-3-14-40-16-5-10-28(33(25)40)35(31)46-36-29-11-6-17-41-15-4-8-26(34(29)41)24-32(36)38/h1-2,9,12,23-24H,3-8,10-11,13-22,39H2. The molecule has 0 radical (unpaired) electrons. The molecular weight excluding hydrogens is 576 g/mol. The van der Waals surface area contributed by atoms with Crippen molar-refractivity contribution in [2.75, 3.05) is 75.5 Å². The van der Waals surface area contributed by atoms with Crippen LogP contribution in [0.4, 0.5) is 11.4 Å². The molecule has 240 valence electrons. The van der Waals surface area contributed by atoms with E-state index in [1.807, 2.05) is 12.1 Å². The summed E-state index contributed by atoms with van der Waals surface area (Å²) in [5.74, 6) is 2.05. The first-order valence-electron chi connectivity index (χ1n) is 17.5. The third-order valence-corrected chi connectivity index (χ3v) is 11.2. The average Bonchev–Trinajstić information content (AvgIpc) is 3.33. The molecule has 1 amide bonds. The summed E-state index contributed by atoms with van der Waals surface area (Å²) in [7, 11) is 0. The number of ether oxygens (including phenoxy) is 3. The lowest BCUT2D eigenvalue weighted by Gasteiger charge is -2.49.